The lowest BCUT2D eigenvalue weighted by atomic mass is 10.1. The highest BCUT2D eigenvalue weighted by atomic mass is 16.3. The van der Waals surface area contributed by atoms with Crippen LogP contribution in [0.25, 0.3) is 0 Å². The zero-order valence-electron chi connectivity index (χ0n) is 13.7. The molecule has 24 heavy (non-hydrogen) atoms. The van der Waals surface area contributed by atoms with Gasteiger partial charge in [-0.15, -0.1) is 0 Å². The van der Waals surface area contributed by atoms with Crippen LogP contribution >= 0.6 is 0 Å². The topological polar surface area (TPSA) is 157 Å². The molecule has 0 bridgehead atoms. The summed E-state index contributed by atoms with van der Waals surface area (Å²) in [4.78, 5) is 29.3. The molecule has 0 radical (unpaired) electrons. The Morgan fingerprint density at radius 2 is 1.79 bits per heavy atom. The van der Waals surface area contributed by atoms with Crippen molar-refractivity contribution in [3.05, 3.63) is 11.9 Å². The van der Waals surface area contributed by atoms with Gasteiger partial charge in [-0.3, -0.25) is 14.1 Å². The van der Waals surface area contributed by atoms with Gasteiger partial charge >= 0.3 is 0 Å². The minimum Gasteiger partial charge on any atom is -0.394 e. The third kappa shape index (κ3) is 3.79. The summed E-state index contributed by atoms with van der Waals surface area (Å²) in [6.45, 7) is -1.73. The van der Waals surface area contributed by atoms with Gasteiger partial charge in [0.1, 0.15) is 12.2 Å². The smallest absolute Gasteiger partial charge is 0.282 e. The molecule has 6 N–H and O–H groups in total. The van der Waals surface area contributed by atoms with Crippen molar-refractivity contribution in [2.24, 2.45) is 10.7 Å². The molecule has 0 fully saturated rings. The van der Waals surface area contributed by atoms with Crippen LogP contribution in [-0.2, 0) is 9.59 Å². The second-order valence-corrected chi connectivity index (χ2v) is 5.82. The third-order valence-electron chi connectivity index (χ3n) is 4.36. The maximum Gasteiger partial charge on any atom is 0.282 e. The van der Waals surface area contributed by atoms with Crippen molar-refractivity contribution < 1.29 is 34.5 Å². The number of primary amides is 1. The number of aliphatic hydroxyl groups is 4. The van der Waals surface area contributed by atoms with Crippen molar-refractivity contribution in [1.29, 1.82) is 0 Å². The molecule has 1 heterocycles. The van der Waals surface area contributed by atoms with E-state index in [4.69, 9.17) is 5.73 Å². The van der Waals surface area contributed by atoms with Crippen LogP contribution in [0.1, 0.15) is 0 Å². The number of likely N-dealkylation sites (N-methyl/N-ethyl adjacent to an activating group) is 2. The van der Waals surface area contributed by atoms with Gasteiger partial charge in [0.05, 0.1) is 45.7 Å². The minimum absolute atomic E-state index is 0.0451. The molecule has 1 aliphatic rings. The molecule has 10 nitrogen and oxygen atoms in total. The van der Waals surface area contributed by atoms with Gasteiger partial charge in [0, 0.05) is 7.05 Å². The lowest BCUT2D eigenvalue weighted by molar-refractivity contribution is -0.892. The van der Waals surface area contributed by atoms with E-state index in [2.05, 4.69) is 4.99 Å². The largest absolute Gasteiger partial charge is 0.394 e. The molecule has 0 aromatic rings. The van der Waals surface area contributed by atoms with E-state index in [1.54, 1.807) is 7.05 Å². The number of hydrogen-bond donors (Lipinski definition) is 5. The first kappa shape index (κ1) is 20.2. The Labute approximate surface area is 139 Å². The van der Waals surface area contributed by atoms with E-state index in [1.165, 1.54) is 19.5 Å². The van der Waals surface area contributed by atoms with Gasteiger partial charge in [-0.25, -0.2) is 4.99 Å². The molecular formula is C14H25N4O6+. The first-order valence-electron chi connectivity index (χ1n) is 7.39. The summed E-state index contributed by atoms with van der Waals surface area (Å²) in [7, 11) is 2.94. The van der Waals surface area contributed by atoms with Gasteiger partial charge in [-0.1, -0.05) is 0 Å². The summed E-state index contributed by atoms with van der Waals surface area (Å²) in [6.07, 6.45) is 2.55. The van der Waals surface area contributed by atoms with Crippen LogP contribution in [-0.4, -0.2) is 106 Å². The van der Waals surface area contributed by atoms with Crippen LogP contribution in [0.5, 0.6) is 0 Å². The predicted molar refractivity (Wildman–Crippen MR) is 84.4 cm³/mol. The van der Waals surface area contributed by atoms with E-state index >= 15 is 0 Å². The molecule has 2 amide bonds. The SMILES string of the molecule is CN(C(=O)C1=C[N+](C)(C(CO)CO)C(C(N)=O)C=N1)C(CO)CO. The van der Waals surface area contributed by atoms with Crippen LogP contribution in [0.3, 0.4) is 0 Å². The third-order valence-corrected chi connectivity index (χ3v) is 4.36. The lowest BCUT2D eigenvalue weighted by Crippen LogP contribution is -2.64. The highest BCUT2D eigenvalue weighted by Crippen LogP contribution is 2.24. The Bertz CT molecular complexity index is 529. The van der Waals surface area contributed by atoms with E-state index in [-0.39, 0.29) is 10.2 Å². The van der Waals surface area contributed by atoms with Crippen molar-refractivity contribution in [3.8, 4) is 0 Å². The van der Waals surface area contributed by atoms with Crippen molar-refractivity contribution in [1.82, 2.24) is 4.90 Å². The molecule has 0 aromatic heterocycles. The van der Waals surface area contributed by atoms with Gasteiger partial charge in [0.2, 0.25) is 6.04 Å². The quantitative estimate of drug-likeness (QED) is 0.286. The number of hydrogen-bond acceptors (Lipinski definition) is 7. The van der Waals surface area contributed by atoms with Gasteiger partial charge < -0.3 is 31.1 Å². The summed E-state index contributed by atoms with van der Waals surface area (Å²) in [5, 5.41) is 37.3. The Hall–Kier alpha value is -1.85. The summed E-state index contributed by atoms with van der Waals surface area (Å²) in [6, 6.07) is -2.54. The van der Waals surface area contributed by atoms with Crippen molar-refractivity contribution in [3.63, 3.8) is 0 Å². The monoisotopic (exact) mass is 345 g/mol. The van der Waals surface area contributed by atoms with Crippen LogP contribution in [0.4, 0.5) is 0 Å². The van der Waals surface area contributed by atoms with Crippen LogP contribution in [0, 0.1) is 0 Å². The maximum absolute atomic E-state index is 12.5. The molecule has 2 atom stereocenters. The van der Waals surface area contributed by atoms with Crippen molar-refractivity contribution >= 4 is 18.0 Å². The molecule has 1 aliphatic heterocycles. The number of nitrogens with zero attached hydrogens (tertiary/aromatic N) is 3. The second-order valence-electron chi connectivity index (χ2n) is 5.82. The van der Waals surface area contributed by atoms with Crippen LogP contribution in [0.15, 0.2) is 16.9 Å². The fraction of sp³-hybridized carbons (Fsp3) is 0.643. The summed E-state index contributed by atoms with van der Waals surface area (Å²) in [5.41, 5.74) is 5.32. The van der Waals surface area contributed by atoms with E-state index in [0.717, 1.165) is 4.90 Å². The highest BCUT2D eigenvalue weighted by molar-refractivity contribution is 6.00. The molecule has 136 valence electrons. The van der Waals surface area contributed by atoms with Gasteiger partial charge in [0.15, 0.2) is 5.70 Å². The van der Waals surface area contributed by atoms with Crippen LogP contribution in [0.2, 0.25) is 0 Å². The second kappa shape index (κ2) is 8.31. The average Bonchev–Trinajstić information content (AvgIpc) is 2.55. The lowest BCUT2D eigenvalue weighted by Gasteiger charge is -2.41. The van der Waals surface area contributed by atoms with Crippen molar-refractivity contribution in [2.45, 2.75) is 18.1 Å². The molecule has 0 aromatic carbocycles. The first-order chi connectivity index (χ1) is 11.3. The molecule has 0 saturated heterocycles. The Morgan fingerprint density at radius 3 is 2.21 bits per heavy atom. The summed E-state index contributed by atoms with van der Waals surface area (Å²) >= 11 is 0. The summed E-state index contributed by atoms with van der Waals surface area (Å²) in [5.74, 6) is -1.30. The zero-order valence-corrected chi connectivity index (χ0v) is 13.7. The van der Waals surface area contributed by atoms with E-state index < -0.39 is 56.4 Å². The number of aliphatic imine (C=N–C) groups is 1. The molecule has 1 rings (SSSR count). The molecule has 0 aliphatic carbocycles. The maximum atomic E-state index is 12.5. The predicted octanol–water partition coefficient (Wildman–Crippen LogP) is -3.62. The van der Waals surface area contributed by atoms with Gasteiger partial charge in [-0.2, -0.15) is 0 Å². The molecule has 0 saturated carbocycles. The zero-order chi connectivity index (χ0) is 18.5. The number of nitrogens with two attached hydrogens (primary N) is 1. The van der Waals surface area contributed by atoms with E-state index in [9.17, 15) is 30.0 Å². The number of carbonyl (C=O) groups is 2. The van der Waals surface area contributed by atoms with Crippen LogP contribution < -0.4 is 5.73 Å². The number of aliphatic hydroxyl groups excluding tert-OH is 4. The van der Waals surface area contributed by atoms with E-state index in [0.29, 0.717) is 0 Å². The van der Waals surface area contributed by atoms with Crippen molar-refractivity contribution in [2.75, 3.05) is 40.5 Å². The van der Waals surface area contributed by atoms with Gasteiger partial charge in [-0.05, 0) is 0 Å². The molecule has 2 unspecified atom stereocenters. The number of quaternary nitrogens is 1. The number of carbonyl (C=O) groups excluding carboxylic acids is 2. The average molecular weight is 345 g/mol. The van der Waals surface area contributed by atoms with Gasteiger partial charge in [0.25, 0.3) is 11.8 Å². The minimum atomic E-state index is -0.956. The number of amides is 2. The first-order valence-corrected chi connectivity index (χ1v) is 7.39. The Kier molecular flexibility index (Phi) is 6.99. The molecule has 0 spiro atoms. The fourth-order valence-corrected chi connectivity index (χ4v) is 2.52. The number of rotatable bonds is 8. The molecular weight excluding hydrogens is 320 g/mol. The highest BCUT2D eigenvalue weighted by Gasteiger charge is 2.44. The Morgan fingerprint density at radius 1 is 1.25 bits per heavy atom. The summed E-state index contributed by atoms with van der Waals surface area (Å²) < 4.78 is -0.316. The normalized spacial score (nSPS) is 23.5. The Balaban J connectivity index is 3.24. The molecule has 10 heteroatoms. The standard InChI is InChI=1S/C14H24N4O6/c1-17(9(5-19)6-20)14(24)11-4-18(2,10(7-21)8-22)12(3-16-11)13(15)23/h3-4,9-10,12,19-22H,5-8H2,1-2H3,(H-,15,23)/p+1. The van der Waals surface area contributed by atoms with E-state index in [1.807, 2.05) is 0 Å². The fourth-order valence-electron chi connectivity index (χ4n) is 2.52.